The third-order valence-corrected chi connectivity index (χ3v) is 6.68. The fourth-order valence-corrected chi connectivity index (χ4v) is 5.28. The van der Waals surface area contributed by atoms with E-state index in [2.05, 4.69) is 35.4 Å². The van der Waals surface area contributed by atoms with Gasteiger partial charge in [-0.15, -0.1) is 0 Å². The molecule has 0 aromatic heterocycles. The van der Waals surface area contributed by atoms with Crippen LogP contribution in [0.15, 0.2) is 23.8 Å². The number of carbonyl (C=O) groups excluding carboxylic acids is 1. The number of hydrogen-bond acceptors (Lipinski definition) is 4. The maximum atomic E-state index is 12.3. The van der Waals surface area contributed by atoms with Crippen molar-refractivity contribution in [1.82, 2.24) is 15.1 Å². The van der Waals surface area contributed by atoms with E-state index in [1.54, 1.807) is 0 Å². The number of fused-ring (bicyclic) bond motifs is 3. The van der Waals surface area contributed by atoms with E-state index in [-0.39, 0.29) is 6.09 Å². The molecule has 0 spiro atoms. The SMILES string of the molecule is C[C@@H]1CNC[C@@H]2C3C=CC(C4CCN(C(=O)OC(C)(C)C)CC4)=CC3CN12. The van der Waals surface area contributed by atoms with E-state index in [0.29, 0.717) is 29.8 Å². The highest BCUT2D eigenvalue weighted by atomic mass is 16.6. The van der Waals surface area contributed by atoms with Crippen molar-refractivity contribution < 1.29 is 9.53 Å². The van der Waals surface area contributed by atoms with Gasteiger partial charge >= 0.3 is 6.09 Å². The van der Waals surface area contributed by atoms with Crippen LogP contribution in [0.3, 0.4) is 0 Å². The molecule has 1 N–H and O–H groups in total. The summed E-state index contributed by atoms with van der Waals surface area (Å²) in [5, 5.41) is 3.60. The maximum absolute atomic E-state index is 12.3. The molecule has 0 saturated carbocycles. The predicted octanol–water partition coefficient (Wildman–Crippen LogP) is 3.04. The summed E-state index contributed by atoms with van der Waals surface area (Å²) in [6.07, 6.45) is 9.34. The Kier molecular flexibility index (Phi) is 5.10. The molecular formula is C22H35N3O2. The summed E-state index contributed by atoms with van der Waals surface area (Å²) in [6.45, 7) is 13.2. The van der Waals surface area contributed by atoms with E-state index < -0.39 is 5.60 Å². The van der Waals surface area contributed by atoms with E-state index in [0.717, 1.165) is 39.0 Å². The molecule has 4 atom stereocenters. The van der Waals surface area contributed by atoms with Crippen LogP contribution in [0.4, 0.5) is 4.79 Å². The Balaban J connectivity index is 1.35. The summed E-state index contributed by atoms with van der Waals surface area (Å²) in [5.41, 5.74) is 1.08. The molecule has 1 amide bonds. The van der Waals surface area contributed by atoms with Gasteiger partial charge in [-0.05, 0) is 57.9 Å². The molecule has 5 nitrogen and oxygen atoms in total. The molecule has 0 aromatic carbocycles. The Hall–Kier alpha value is -1.33. The minimum Gasteiger partial charge on any atom is -0.444 e. The van der Waals surface area contributed by atoms with E-state index in [1.165, 1.54) is 12.1 Å². The van der Waals surface area contributed by atoms with Gasteiger partial charge in [0.1, 0.15) is 5.60 Å². The first kappa shape index (κ1) is 19.0. The molecule has 3 fully saturated rings. The Labute approximate surface area is 163 Å². The van der Waals surface area contributed by atoms with E-state index in [9.17, 15) is 4.79 Å². The molecule has 3 heterocycles. The van der Waals surface area contributed by atoms with Gasteiger partial charge in [-0.3, -0.25) is 4.90 Å². The van der Waals surface area contributed by atoms with Gasteiger partial charge in [-0.1, -0.05) is 18.2 Å². The fraction of sp³-hybridized carbons (Fsp3) is 0.773. The largest absolute Gasteiger partial charge is 0.444 e. The molecule has 5 heteroatoms. The van der Waals surface area contributed by atoms with Crippen molar-refractivity contribution >= 4 is 6.09 Å². The summed E-state index contributed by atoms with van der Waals surface area (Å²) in [4.78, 5) is 16.9. The highest BCUT2D eigenvalue weighted by Crippen LogP contribution is 2.40. The normalized spacial score (nSPS) is 34.8. The number of nitrogens with zero attached hydrogens (tertiary/aromatic N) is 2. The van der Waals surface area contributed by atoms with Gasteiger partial charge in [-0.2, -0.15) is 0 Å². The molecular weight excluding hydrogens is 338 g/mol. The Morgan fingerprint density at radius 2 is 1.96 bits per heavy atom. The minimum atomic E-state index is -0.418. The number of likely N-dealkylation sites (tertiary alicyclic amines) is 1. The lowest BCUT2D eigenvalue weighted by atomic mass is 9.79. The predicted molar refractivity (Wildman–Crippen MR) is 108 cm³/mol. The van der Waals surface area contributed by atoms with Gasteiger partial charge in [-0.25, -0.2) is 4.79 Å². The molecule has 3 saturated heterocycles. The minimum absolute atomic E-state index is 0.164. The first-order valence-corrected chi connectivity index (χ1v) is 10.7. The first-order chi connectivity index (χ1) is 12.8. The lowest BCUT2D eigenvalue weighted by Crippen LogP contribution is -2.54. The average Bonchev–Trinajstić information content (AvgIpc) is 3.00. The van der Waals surface area contributed by atoms with Crippen LogP contribution in [0.1, 0.15) is 40.5 Å². The molecule has 0 radical (unpaired) electrons. The van der Waals surface area contributed by atoms with Crippen molar-refractivity contribution in [3.8, 4) is 0 Å². The van der Waals surface area contributed by atoms with Gasteiger partial charge in [0, 0.05) is 50.7 Å². The number of nitrogens with one attached hydrogen (secondary N) is 1. The second-order valence-electron chi connectivity index (χ2n) is 9.78. The van der Waals surface area contributed by atoms with E-state index in [4.69, 9.17) is 4.74 Å². The molecule has 150 valence electrons. The molecule has 27 heavy (non-hydrogen) atoms. The van der Waals surface area contributed by atoms with Crippen molar-refractivity contribution in [2.45, 2.75) is 58.2 Å². The number of allylic oxidation sites excluding steroid dienone is 2. The van der Waals surface area contributed by atoms with Crippen molar-refractivity contribution in [3.05, 3.63) is 23.8 Å². The highest BCUT2D eigenvalue weighted by molar-refractivity contribution is 5.68. The van der Waals surface area contributed by atoms with Crippen molar-refractivity contribution in [2.24, 2.45) is 17.8 Å². The number of carbonyl (C=O) groups is 1. The van der Waals surface area contributed by atoms with Crippen LogP contribution in [0.25, 0.3) is 0 Å². The van der Waals surface area contributed by atoms with E-state index >= 15 is 0 Å². The topological polar surface area (TPSA) is 44.8 Å². The number of piperazine rings is 1. The third kappa shape index (κ3) is 3.95. The summed E-state index contributed by atoms with van der Waals surface area (Å²) in [5.74, 6) is 1.89. The molecule has 2 unspecified atom stereocenters. The zero-order chi connectivity index (χ0) is 19.2. The Morgan fingerprint density at radius 3 is 2.67 bits per heavy atom. The number of ether oxygens (including phenoxy) is 1. The van der Waals surface area contributed by atoms with Crippen LogP contribution in [0, 0.1) is 17.8 Å². The van der Waals surface area contributed by atoms with Crippen LogP contribution in [-0.4, -0.2) is 66.3 Å². The van der Waals surface area contributed by atoms with Crippen LogP contribution in [0.5, 0.6) is 0 Å². The average molecular weight is 374 g/mol. The van der Waals surface area contributed by atoms with Gasteiger partial charge in [0.05, 0.1) is 0 Å². The molecule has 4 aliphatic rings. The van der Waals surface area contributed by atoms with Crippen LogP contribution in [0.2, 0.25) is 0 Å². The summed E-state index contributed by atoms with van der Waals surface area (Å²) in [6, 6.07) is 1.29. The highest BCUT2D eigenvalue weighted by Gasteiger charge is 2.44. The molecule has 1 aliphatic carbocycles. The van der Waals surface area contributed by atoms with Crippen LogP contribution in [-0.2, 0) is 4.74 Å². The van der Waals surface area contributed by atoms with Crippen LogP contribution >= 0.6 is 0 Å². The number of rotatable bonds is 1. The van der Waals surface area contributed by atoms with Gasteiger partial charge in [0.25, 0.3) is 0 Å². The second kappa shape index (κ2) is 7.25. The second-order valence-corrected chi connectivity index (χ2v) is 9.78. The maximum Gasteiger partial charge on any atom is 0.410 e. The monoisotopic (exact) mass is 373 g/mol. The van der Waals surface area contributed by atoms with Crippen molar-refractivity contribution in [1.29, 1.82) is 0 Å². The lowest BCUT2D eigenvalue weighted by molar-refractivity contribution is 0.0195. The third-order valence-electron chi connectivity index (χ3n) is 6.68. The number of amides is 1. The summed E-state index contributed by atoms with van der Waals surface area (Å²) >= 11 is 0. The Morgan fingerprint density at radius 1 is 1.22 bits per heavy atom. The standard InChI is InChI=1S/C22H35N3O2/c1-15-12-23-13-20-19-6-5-17(11-18(19)14-25(15)20)16-7-9-24(10-8-16)21(26)27-22(2,3)4/h5-6,11,15-16,18-20,23H,7-10,12-14H2,1-4H3/t15-,18?,19?,20-/m1/s1. The van der Waals surface area contributed by atoms with Crippen molar-refractivity contribution in [2.75, 3.05) is 32.7 Å². The molecule has 3 aliphatic heterocycles. The molecule has 4 rings (SSSR count). The first-order valence-electron chi connectivity index (χ1n) is 10.7. The summed E-state index contributed by atoms with van der Waals surface area (Å²) in [7, 11) is 0. The zero-order valence-corrected chi connectivity index (χ0v) is 17.3. The molecule has 0 bridgehead atoms. The Bertz CT molecular complexity index is 628. The summed E-state index contributed by atoms with van der Waals surface area (Å²) < 4.78 is 5.53. The smallest absolute Gasteiger partial charge is 0.410 e. The number of piperidine rings is 1. The fourth-order valence-electron chi connectivity index (χ4n) is 5.28. The van der Waals surface area contributed by atoms with Gasteiger partial charge < -0.3 is 15.0 Å². The van der Waals surface area contributed by atoms with Gasteiger partial charge in [0.15, 0.2) is 0 Å². The quantitative estimate of drug-likeness (QED) is 0.767. The molecule has 0 aromatic rings. The lowest BCUT2D eigenvalue weighted by Gasteiger charge is -2.38. The number of hydrogen-bond donors (Lipinski definition) is 1. The van der Waals surface area contributed by atoms with Gasteiger partial charge in [0.2, 0.25) is 0 Å². The van der Waals surface area contributed by atoms with Crippen LogP contribution < -0.4 is 5.32 Å². The van der Waals surface area contributed by atoms with E-state index in [1.807, 2.05) is 25.7 Å². The zero-order valence-electron chi connectivity index (χ0n) is 17.3. The van der Waals surface area contributed by atoms with Crippen molar-refractivity contribution in [3.63, 3.8) is 0 Å².